The number of benzene rings is 1. The summed E-state index contributed by atoms with van der Waals surface area (Å²) in [6.07, 6.45) is 1.88. The summed E-state index contributed by atoms with van der Waals surface area (Å²) in [5, 5.41) is 4.91. The van der Waals surface area contributed by atoms with Gasteiger partial charge in [0, 0.05) is 14.9 Å². The van der Waals surface area contributed by atoms with Crippen LogP contribution in [0, 0.1) is 0 Å². The van der Waals surface area contributed by atoms with E-state index in [2.05, 4.69) is 21.2 Å². The molecule has 3 rings (SSSR count). The Bertz CT molecular complexity index is 665. The molecule has 0 unspecified atom stereocenters. The third-order valence-electron chi connectivity index (χ3n) is 2.98. The molecule has 0 saturated carbocycles. The predicted molar refractivity (Wildman–Crippen MR) is 83.8 cm³/mol. The van der Waals surface area contributed by atoms with Crippen LogP contribution in [0.2, 0.25) is 0 Å². The molecule has 1 aromatic heterocycles. The first-order valence-electron chi connectivity index (χ1n) is 6.16. The zero-order valence-corrected chi connectivity index (χ0v) is 13.0. The highest BCUT2D eigenvalue weighted by atomic mass is 79.9. The van der Waals surface area contributed by atoms with E-state index in [1.54, 1.807) is 11.3 Å². The van der Waals surface area contributed by atoms with Gasteiger partial charge in [-0.3, -0.25) is 4.79 Å². The highest BCUT2D eigenvalue weighted by Crippen LogP contribution is 2.29. The zero-order valence-electron chi connectivity index (χ0n) is 10.6. The van der Waals surface area contributed by atoms with Crippen molar-refractivity contribution in [2.45, 2.75) is 6.54 Å². The van der Waals surface area contributed by atoms with E-state index in [0.29, 0.717) is 18.7 Å². The van der Waals surface area contributed by atoms with Crippen molar-refractivity contribution in [2.24, 2.45) is 0 Å². The topological polar surface area (TPSA) is 38.3 Å². The number of thiophene rings is 1. The van der Waals surface area contributed by atoms with E-state index in [9.17, 15) is 4.79 Å². The maximum Gasteiger partial charge on any atom is 0.250 e. The van der Waals surface area contributed by atoms with E-state index in [0.717, 1.165) is 20.7 Å². The molecular formula is C15H12BrNO2S. The zero-order chi connectivity index (χ0) is 13.9. The van der Waals surface area contributed by atoms with E-state index in [1.807, 2.05) is 41.8 Å². The minimum atomic E-state index is -0.0796. The molecule has 2 aromatic rings. The van der Waals surface area contributed by atoms with Crippen LogP contribution < -0.4 is 10.1 Å². The smallest absolute Gasteiger partial charge is 0.250 e. The second kappa shape index (κ2) is 5.81. The summed E-state index contributed by atoms with van der Waals surface area (Å²) >= 11 is 5.05. The highest BCUT2D eigenvalue weighted by molar-refractivity contribution is 9.10. The molecule has 1 aliphatic heterocycles. The lowest BCUT2D eigenvalue weighted by atomic mass is 10.1. The van der Waals surface area contributed by atoms with Crippen molar-refractivity contribution < 1.29 is 9.53 Å². The van der Waals surface area contributed by atoms with Crippen LogP contribution in [-0.2, 0) is 11.3 Å². The van der Waals surface area contributed by atoms with Crippen LogP contribution in [0.5, 0.6) is 5.75 Å². The normalized spacial score (nSPS) is 13.2. The van der Waals surface area contributed by atoms with Crippen molar-refractivity contribution in [2.75, 3.05) is 6.61 Å². The van der Waals surface area contributed by atoms with Gasteiger partial charge in [0.15, 0.2) is 0 Å². The van der Waals surface area contributed by atoms with Crippen molar-refractivity contribution in [1.82, 2.24) is 5.32 Å². The Labute approximate surface area is 129 Å². The van der Waals surface area contributed by atoms with Gasteiger partial charge in [-0.1, -0.05) is 22.0 Å². The first kappa shape index (κ1) is 13.4. The number of carbonyl (C=O) groups is 1. The fourth-order valence-corrected chi connectivity index (χ4v) is 3.00. The van der Waals surface area contributed by atoms with Crippen molar-refractivity contribution in [3.8, 4) is 5.75 Å². The highest BCUT2D eigenvalue weighted by Gasteiger charge is 2.17. The lowest BCUT2D eigenvalue weighted by molar-refractivity contribution is -0.117. The third kappa shape index (κ3) is 2.94. The van der Waals surface area contributed by atoms with E-state index >= 15 is 0 Å². The Morgan fingerprint density at radius 2 is 2.30 bits per heavy atom. The van der Waals surface area contributed by atoms with Crippen LogP contribution in [0.4, 0.5) is 0 Å². The molecular weight excluding hydrogens is 338 g/mol. The predicted octanol–water partition coefficient (Wildman–Crippen LogP) is 3.60. The first-order valence-corrected chi connectivity index (χ1v) is 7.83. The van der Waals surface area contributed by atoms with Gasteiger partial charge in [0.25, 0.3) is 5.91 Å². The number of carbonyl (C=O) groups excluding carboxylic acids is 1. The Morgan fingerprint density at radius 3 is 3.10 bits per heavy atom. The molecule has 1 N–H and O–H groups in total. The van der Waals surface area contributed by atoms with Gasteiger partial charge in [-0.25, -0.2) is 0 Å². The monoisotopic (exact) mass is 349 g/mol. The van der Waals surface area contributed by atoms with Gasteiger partial charge < -0.3 is 10.1 Å². The van der Waals surface area contributed by atoms with E-state index in [4.69, 9.17) is 4.74 Å². The standard InChI is InChI=1S/C15H12BrNO2S/c16-12-3-4-14-10(7-12)6-11(9-19-14)15(18)17-8-13-2-1-5-20-13/h1-7H,8-9H2,(H,17,18). The summed E-state index contributed by atoms with van der Waals surface area (Å²) in [6, 6.07) is 9.75. The van der Waals surface area contributed by atoms with Crippen LogP contribution >= 0.6 is 27.3 Å². The molecule has 0 saturated heterocycles. The number of halogens is 1. The summed E-state index contributed by atoms with van der Waals surface area (Å²) in [6.45, 7) is 0.865. The fourth-order valence-electron chi connectivity index (χ4n) is 1.97. The average Bonchev–Trinajstić information content (AvgIpc) is 2.97. The minimum absolute atomic E-state index is 0.0796. The molecule has 0 fully saturated rings. The molecule has 102 valence electrons. The molecule has 0 spiro atoms. The Balaban J connectivity index is 1.72. The molecule has 1 amide bonds. The molecule has 3 nitrogen and oxygen atoms in total. The van der Waals surface area contributed by atoms with Crippen LogP contribution in [0.1, 0.15) is 10.4 Å². The van der Waals surface area contributed by atoms with Crippen LogP contribution in [0.25, 0.3) is 6.08 Å². The summed E-state index contributed by atoms with van der Waals surface area (Å²) in [7, 11) is 0. The van der Waals surface area contributed by atoms with Gasteiger partial charge in [-0.2, -0.15) is 0 Å². The van der Waals surface area contributed by atoms with E-state index in [-0.39, 0.29) is 5.91 Å². The van der Waals surface area contributed by atoms with Crippen molar-refractivity contribution in [3.05, 3.63) is 56.2 Å². The van der Waals surface area contributed by atoms with Crippen LogP contribution in [-0.4, -0.2) is 12.5 Å². The maximum atomic E-state index is 12.1. The SMILES string of the molecule is O=C(NCc1cccs1)C1=Cc2cc(Br)ccc2OC1. The number of hydrogen-bond acceptors (Lipinski definition) is 3. The summed E-state index contributed by atoms with van der Waals surface area (Å²) in [5.41, 5.74) is 1.57. The van der Waals surface area contributed by atoms with Gasteiger partial charge >= 0.3 is 0 Å². The number of nitrogens with one attached hydrogen (secondary N) is 1. The lowest BCUT2D eigenvalue weighted by Crippen LogP contribution is -2.27. The van der Waals surface area contributed by atoms with Crippen molar-refractivity contribution in [1.29, 1.82) is 0 Å². The molecule has 5 heteroatoms. The van der Waals surface area contributed by atoms with Gasteiger partial charge in [0.1, 0.15) is 12.4 Å². The van der Waals surface area contributed by atoms with Gasteiger partial charge in [0.2, 0.25) is 0 Å². The Morgan fingerprint density at radius 1 is 1.40 bits per heavy atom. The van der Waals surface area contributed by atoms with Gasteiger partial charge in [-0.15, -0.1) is 11.3 Å². The largest absolute Gasteiger partial charge is 0.488 e. The number of amides is 1. The average molecular weight is 350 g/mol. The van der Waals surface area contributed by atoms with Gasteiger partial charge in [0.05, 0.1) is 12.1 Å². The molecule has 0 bridgehead atoms. The molecule has 0 atom stereocenters. The molecule has 1 aliphatic rings. The summed E-state index contributed by atoms with van der Waals surface area (Å²) in [5.74, 6) is 0.729. The second-order valence-corrected chi connectivity index (χ2v) is 6.35. The summed E-state index contributed by atoms with van der Waals surface area (Å²) in [4.78, 5) is 13.3. The summed E-state index contributed by atoms with van der Waals surface area (Å²) < 4.78 is 6.57. The fraction of sp³-hybridized carbons (Fsp3) is 0.133. The van der Waals surface area contributed by atoms with Crippen LogP contribution in [0.15, 0.2) is 45.8 Å². The van der Waals surface area contributed by atoms with Crippen LogP contribution in [0.3, 0.4) is 0 Å². The molecule has 20 heavy (non-hydrogen) atoms. The quantitative estimate of drug-likeness (QED) is 0.919. The maximum absolute atomic E-state index is 12.1. The van der Waals surface area contributed by atoms with Crippen molar-refractivity contribution in [3.63, 3.8) is 0 Å². The third-order valence-corrected chi connectivity index (χ3v) is 4.35. The number of rotatable bonds is 3. The van der Waals surface area contributed by atoms with Crippen molar-refractivity contribution >= 4 is 39.2 Å². The first-order chi connectivity index (χ1) is 9.72. The molecule has 2 heterocycles. The minimum Gasteiger partial charge on any atom is -0.488 e. The van der Waals surface area contributed by atoms with E-state index < -0.39 is 0 Å². The number of fused-ring (bicyclic) bond motifs is 1. The Hall–Kier alpha value is -1.59. The molecule has 1 aromatic carbocycles. The number of hydrogen-bond donors (Lipinski definition) is 1. The molecule has 0 aliphatic carbocycles. The Kier molecular flexibility index (Phi) is 3.89. The second-order valence-electron chi connectivity index (χ2n) is 4.40. The van der Waals surface area contributed by atoms with E-state index in [1.165, 1.54) is 0 Å². The lowest BCUT2D eigenvalue weighted by Gasteiger charge is -2.17. The number of ether oxygens (including phenoxy) is 1. The molecule has 0 radical (unpaired) electrons. The van der Waals surface area contributed by atoms with Gasteiger partial charge in [-0.05, 0) is 35.7 Å².